The van der Waals surface area contributed by atoms with Crippen LogP contribution in [0.3, 0.4) is 0 Å². The molecular formula is C21H28F12O4. The van der Waals surface area contributed by atoms with Gasteiger partial charge in [-0.1, -0.05) is 27.7 Å². The van der Waals surface area contributed by atoms with E-state index in [1.165, 1.54) is 34.6 Å². The number of rotatable bonds is 6. The summed E-state index contributed by atoms with van der Waals surface area (Å²) in [6.45, 7) is 7.27. The Morgan fingerprint density at radius 1 is 0.649 bits per heavy atom. The summed E-state index contributed by atoms with van der Waals surface area (Å²) in [6, 6.07) is 0. The van der Waals surface area contributed by atoms with E-state index in [9.17, 15) is 67.7 Å². The van der Waals surface area contributed by atoms with Gasteiger partial charge in [0.15, 0.2) is 0 Å². The van der Waals surface area contributed by atoms with E-state index < -0.39 is 96.3 Å². The van der Waals surface area contributed by atoms with Gasteiger partial charge in [0.05, 0.1) is 5.41 Å². The number of alkyl halides is 12. The highest BCUT2D eigenvalue weighted by Crippen LogP contribution is 2.58. The molecule has 1 fully saturated rings. The maximum atomic E-state index is 13.5. The second-order valence-corrected chi connectivity index (χ2v) is 10.2. The van der Waals surface area contributed by atoms with Crippen molar-refractivity contribution in [2.24, 2.45) is 29.1 Å². The van der Waals surface area contributed by atoms with E-state index in [0.29, 0.717) is 0 Å². The average Bonchev–Trinajstić information content (AvgIpc) is 2.67. The van der Waals surface area contributed by atoms with Crippen LogP contribution in [-0.2, 0) is 9.53 Å². The van der Waals surface area contributed by atoms with Gasteiger partial charge in [-0.25, -0.2) is 0 Å². The molecule has 1 aliphatic carbocycles. The van der Waals surface area contributed by atoms with E-state index in [4.69, 9.17) is 4.74 Å². The van der Waals surface area contributed by atoms with Crippen LogP contribution in [0.2, 0.25) is 0 Å². The summed E-state index contributed by atoms with van der Waals surface area (Å²) in [5, 5.41) is 19.5. The maximum absolute atomic E-state index is 13.5. The number of carbonyl (C=O) groups excluding carboxylic acids is 1. The summed E-state index contributed by atoms with van der Waals surface area (Å²) >= 11 is 0. The molecule has 2 unspecified atom stereocenters. The fraction of sp³-hybridized carbons (Fsp3) is 0.952. The van der Waals surface area contributed by atoms with E-state index in [2.05, 4.69) is 0 Å². The number of halogens is 12. The fourth-order valence-electron chi connectivity index (χ4n) is 4.71. The molecule has 2 atom stereocenters. The molecule has 0 saturated heterocycles. The van der Waals surface area contributed by atoms with Gasteiger partial charge in [-0.05, 0) is 38.0 Å². The van der Waals surface area contributed by atoms with Gasteiger partial charge in [0.2, 0.25) is 0 Å². The van der Waals surface area contributed by atoms with Crippen molar-refractivity contribution in [3.8, 4) is 0 Å². The van der Waals surface area contributed by atoms with Crippen LogP contribution in [0.1, 0.15) is 53.9 Å². The molecule has 0 aliphatic heterocycles. The third-order valence-corrected chi connectivity index (χ3v) is 7.69. The first kappa shape index (κ1) is 33.6. The normalized spacial score (nSPS) is 23.5. The van der Waals surface area contributed by atoms with E-state index in [1.54, 1.807) is 0 Å². The second-order valence-electron chi connectivity index (χ2n) is 10.2. The number of ether oxygens (including phenoxy) is 1. The molecule has 4 nitrogen and oxygen atoms in total. The third kappa shape index (κ3) is 5.64. The van der Waals surface area contributed by atoms with Gasteiger partial charge in [0.25, 0.3) is 11.2 Å². The Hall–Kier alpha value is -1.45. The van der Waals surface area contributed by atoms with Gasteiger partial charge in [0.1, 0.15) is 6.10 Å². The monoisotopic (exact) mass is 572 g/mol. The summed E-state index contributed by atoms with van der Waals surface area (Å²) in [7, 11) is 0. The zero-order valence-electron chi connectivity index (χ0n) is 20.3. The molecule has 0 aromatic carbocycles. The van der Waals surface area contributed by atoms with Crippen LogP contribution in [0.4, 0.5) is 52.7 Å². The van der Waals surface area contributed by atoms with Crippen molar-refractivity contribution in [1.29, 1.82) is 0 Å². The predicted molar refractivity (Wildman–Crippen MR) is 103 cm³/mol. The second kappa shape index (κ2) is 9.94. The minimum atomic E-state index is -6.59. The van der Waals surface area contributed by atoms with Gasteiger partial charge in [-0.3, -0.25) is 4.79 Å². The Labute approximate surface area is 204 Å². The molecule has 16 heteroatoms. The lowest BCUT2D eigenvalue weighted by atomic mass is 9.65. The quantitative estimate of drug-likeness (QED) is 0.288. The first-order valence-electron chi connectivity index (χ1n) is 11.0. The Bertz CT molecular complexity index is 728. The maximum Gasteiger partial charge on any atom is 0.426 e. The molecular weight excluding hydrogens is 544 g/mol. The third-order valence-electron chi connectivity index (χ3n) is 7.69. The van der Waals surface area contributed by atoms with E-state index in [-0.39, 0.29) is 0 Å². The smallest absolute Gasteiger partial charge is 0.426 e. The predicted octanol–water partition coefficient (Wildman–Crippen LogP) is 6.34. The molecule has 37 heavy (non-hydrogen) atoms. The zero-order chi connectivity index (χ0) is 29.8. The van der Waals surface area contributed by atoms with Crippen LogP contribution >= 0.6 is 0 Å². The Morgan fingerprint density at radius 2 is 0.919 bits per heavy atom. The first-order chi connectivity index (χ1) is 16.1. The van der Waals surface area contributed by atoms with Crippen molar-refractivity contribution in [1.82, 2.24) is 0 Å². The molecule has 0 aromatic heterocycles. The van der Waals surface area contributed by atoms with Crippen LogP contribution in [-0.4, -0.2) is 58.2 Å². The molecule has 0 spiro atoms. The van der Waals surface area contributed by atoms with Crippen molar-refractivity contribution in [3.05, 3.63) is 0 Å². The van der Waals surface area contributed by atoms with Crippen molar-refractivity contribution < 1.29 is 72.4 Å². The molecule has 0 radical (unpaired) electrons. The summed E-state index contributed by atoms with van der Waals surface area (Å²) in [5.41, 5.74) is -13.0. The fourth-order valence-corrected chi connectivity index (χ4v) is 4.71. The highest BCUT2D eigenvalue weighted by atomic mass is 19.4. The van der Waals surface area contributed by atoms with Crippen molar-refractivity contribution in [2.45, 2.75) is 95.9 Å². The molecule has 220 valence electrons. The topological polar surface area (TPSA) is 66.8 Å². The average molecular weight is 572 g/mol. The van der Waals surface area contributed by atoms with E-state index >= 15 is 0 Å². The highest BCUT2D eigenvalue weighted by molar-refractivity contribution is 5.77. The number of hydrogen-bond donors (Lipinski definition) is 2. The summed E-state index contributed by atoms with van der Waals surface area (Å²) in [5.74, 6) is -9.22. The van der Waals surface area contributed by atoms with Gasteiger partial charge < -0.3 is 14.9 Å². The summed E-state index contributed by atoms with van der Waals surface area (Å²) in [4.78, 5) is 12.9. The van der Waals surface area contributed by atoms with Crippen LogP contribution in [0.15, 0.2) is 0 Å². The van der Waals surface area contributed by atoms with Gasteiger partial charge in [-0.15, -0.1) is 0 Å². The molecule has 1 aliphatic rings. The number of aliphatic hydroxyl groups is 2. The lowest BCUT2D eigenvalue weighted by Crippen LogP contribution is -2.67. The van der Waals surface area contributed by atoms with Gasteiger partial charge >= 0.3 is 30.7 Å². The number of carbonyl (C=O) groups is 1. The molecule has 1 saturated carbocycles. The molecule has 0 bridgehead atoms. The minimum absolute atomic E-state index is 0.584. The number of esters is 1. The van der Waals surface area contributed by atoms with Crippen LogP contribution < -0.4 is 0 Å². The number of hydrogen-bond acceptors (Lipinski definition) is 4. The summed E-state index contributed by atoms with van der Waals surface area (Å²) < 4.78 is 167. The summed E-state index contributed by atoms with van der Waals surface area (Å²) in [6.07, 6.45) is -34.1. The van der Waals surface area contributed by atoms with Crippen molar-refractivity contribution in [2.75, 3.05) is 0 Å². The Kier molecular flexibility index (Phi) is 9.02. The Balaban J connectivity index is 3.75. The first-order valence-corrected chi connectivity index (χ1v) is 11.0. The molecule has 0 heterocycles. The van der Waals surface area contributed by atoms with Crippen molar-refractivity contribution in [3.63, 3.8) is 0 Å². The van der Waals surface area contributed by atoms with Crippen LogP contribution in [0.5, 0.6) is 0 Å². The standard InChI is InChI=1S/C21H28F12O4/c1-9(2)15(5,10(3)4)14(34)37-13-7-11(16(35,18(22,23)24)19(25,26)27)6-12(8-13)17(36,20(28,29)30)21(31,32)33/h9-13,35-36H,6-8H2,1-5H3. The lowest BCUT2D eigenvalue weighted by Gasteiger charge is -2.49. The minimum Gasteiger partial charge on any atom is -0.462 e. The Morgan fingerprint density at radius 3 is 1.14 bits per heavy atom. The van der Waals surface area contributed by atoms with E-state index in [0.717, 1.165) is 0 Å². The lowest BCUT2D eigenvalue weighted by molar-refractivity contribution is -0.405. The molecule has 0 aromatic rings. The van der Waals surface area contributed by atoms with E-state index in [1.807, 2.05) is 0 Å². The van der Waals surface area contributed by atoms with Crippen LogP contribution in [0.25, 0.3) is 0 Å². The molecule has 2 N–H and O–H groups in total. The molecule has 1 rings (SSSR count). The van der Waals surface area contributed by atoms with Crippen LogP contribution in [0, 0.1) is 29.1 Å². The zero-order valence-corrected chi connectivity index (χ0v) is 20.3. The largest absolute Gasteiger partial charge is 0.462 e. The molecule has 0 amide bonds. The van der Waals surface area contributed by atoms with Gasteiger partial charge in [-0.2, -0.15) is 52.7 Å². The highest BCUT2D eigenvalue weighted by Gasteiger charge is 2.78. The SMILES string of the molecule is CC(C)C(C)(C(=O)OC1CC(C(O)(C(F)(F)F)C(F)(F)F)CC(C(O)(C(F)(F)F)C(F)(F)F)C1)C(C)C. The van der Waals surface area contributed by atoms with Gasteiger partial charge in [0, 0.05) is 11.8 Å². The van der Waals surface area contributed by atoms with Crippen molar-refractivity contribution >= 4 is 5.97 Å².